The van der Waals surface area contributed by atoms with Crippen LogP contribution < -0.4 is 4.74 Å². The molecule has 116 valence electrons. The zero-order valence-corrected chi connectivity index (χ0v) is 13.5. The first kappa shape index (κ1) is 16.5. The van der Waals surface area contributed by atoms with E-state index in [4.69, 9.17) is 4.74 Å². The van der Waals surface area contributed by atoms with Gasteiger partial charge in [0.25, 0.3) is 0 Å². The van der Waals surface area contributed by atoms with E-state index in [-0.39, 0.29) is 6.10 Å². The molecule has 3 heteroatoms. The van der Waals surface area contributed by atoms with Gasteiger partial charge in [0.2, 0.25) is 0 Å². The molecular formula is C20H19NO2. The van der Waals surface area contributed by atoms with E-state index >= 15 is 0 Å². The predicted molar refractivity (Wildman–Crippen MR) is 92.4 cm³/mol. The zero-order valence-electron chi connectivity index (χ0n) is 13.5. The largest absolute Gasteiger partial charge is 0.490 e. The Hall–Kier alpha value is -2.86. The topological polar surface area (TPSA) is 50.1 Å². The maximum Gasteiger partial charge on any atom is 0.150 e. The molecule has 0 aliphatic carbocycles. The molecule has 0 unspecified atom stereocenters. The van der Waals surface area contributed by atoms with Crippen molar-refractivity contribution in [2.75, 3.05) is 0 Å². The highest BCUT2D eigenvalue weighted by molar-refractivity contribution is 5.79. The SMILES string of the molecule is Cc1cc(/C=C/c2ccc(OC(C)C)c(C#N)c2)ccc1C=O. The Balaban J connectivity index is 2.24. The number of aryl methyl sites for hydroxylation is 1. The van der Waals surface area contributed by atoms with Crippen molar-refractivity contribution >= 4 is 18.4 Å². The van der Waals surface area contributed by atoms with Crippen LogP contribution in [0.3, 0.4) is 0 Å². The summed E-state index contributed by atoms with van der Waals surface area (Å²) in [4.78, 5) is 10.8. The number of hydrogen-bond acceptors (Lipinski definition) is 3. The molecule has 0 atom stereocenters. The van der Waals surface area contributed by atoms with Crippen molar-refractivity contribution < 1.29 is 9.53 Å². The van der Waals surface area contributed by atoms with Crippen LogP contribution in [-0.2, 0) is 0 Å². The summed E-state index contributed by atoms with van der Waals surface area (Å²) in [5.41, 5.74) is 4.10. The molecule has 0 bridgehead atoms. The van der Waals surface area contributed by atoms with E-state index in [1.807, 2.05) is 63.3 Å². The van der Waals surface area contributed by atoms with E-state index in [1.54, 1.807) is 6.07 Å². The quantitative estimate of drug-likeness (QED) is 0.597. The van der Waals surface area contributed by atoms with Crippen molar-refractivity contribution in [1.82, 2.24) is 0 Å². The Morgan fingerprint density at radius 1 is 1.09 bits per heavy atom. The summed E-state index contributed by atoms with van der Waals surface area (Å²) in [6.07, 6.45) is 4.79. The van der Waals surface area contributed by atoms with Crippen LogP contribution in [0.1, 0.15) is 46.5 Å². The highest BCUT2D eigenvalue weighted by Crippen LogP contribution is 2.22. The third-order valence-electron chi connectivity index (χ3n) is 3.38. The summed E-state index contributed by atoms with van der Waals surface area (Å²) in [5, 5.41) is 9.25. The Morgan fingerprint density at radius 3 is 2.30 bits per heavy atom. The van der Waals surface area contributed by atoms with Gasteiger partial charge in [-0.2, -0.15) is 5.26 Å². The van der Waals surface area contributed by atoms with E-state index in [0.29, 0.717) is 16.9 Å². The molecule has 0 aliphatic rings. The maximum atomic E-state index is 10.8. The summed E-state index contributed by atoms with van der Waals surface area (Å²) in [7, 11) is 0. The second-order valence-electron chi connectivity index (χ2n) is 5.60. The first-order valence-electron chi connectivity index (χ1n) is 7.48. The standard InChI is InChI=1S/C20H19NO2/c1-14(2)23-20-9-7-17(11-19(20)12-21)5-4-16-6-8-18(13-22)15(3)10-16/h4-11,13-14H,1-3H3/b5-4+. The minimum atomic E-state index is 0.0304. The first-order valence-corrected chi connectivity index (χ1v) is 7.48. The number of nitrogens with zero attached hydrogens (tertiary/aromatic N) is 1. The lowest BCUT2D eigenvalue weighted by Gasteiger charge is -2.11. The van der Waals surface area contributed by atoms with Gasteiger partial charge < -0.3 is 4.74 Å². The predicted octanol–water partition coefficient (Wildman–Crippen LogP) is 4.64. The molecule has 2 rings (SSSR count). The van der Waals surface area contributed by atoms with E-state index in [2.05, 4.69) is 6.07 Å². The lowest BCUT2D eigenvalue weighted by molar-refractivity contribution is 0.112. The Bertz CT molecular complexity index is 783. The monoisotopic (exact) mass is 305 g/mol. The summed E-state index contributed by atoms with van der Waals surface area (Å²) < 4.78 is 5.62. The molecule has 3 nitrogen and oxygen atoms in total. The van der Waals surface area contributed by atoms with Crippen LogP contribution >= 0.6 is 0 Å². The van der Waals surface area contributed by atoms with Crippen molar-refractivity contribution in [2.24, 2.45) is 0 Å². The minimum absolute atomic E-state index is 0.0304. The highest BCUT2D eigenvalue weighted by atomic mass is 16.5. The van der Waals surface area contributed by atoms with Crippen LogP contribution in [0.15, 0.2) is 36.4 Å². The van der Waals surface area contributed by atoms with Gasteiger partial charge in [-0.1, -0.05) is 36.4 Å². The summed E-state index contributed by atoms with van der Waals surface area (Å²) >= 11 is 0. The lowest BCUT2D eigenvalue weighted by atomic mass is 10.0. The number of ether oxygens (including phenoxy) is 1. The average molecular weight is 305 g/mol. The van der Waals surface area contributed by atoms with E-state index in [0.717, 1.165) is 23.0 Å². The average Bonchev–Trinajstić information content (AvgIpc) is 2.53. The van der Waals surface area contributed by atoms with E-state index in [1.165, 1.54) is 0 Å². The molecule has 0 saturated heterocycles. The molecule has 2 aromatic carbocycles. The second-order valence-corrected chi connectivity index (χ2v) is 5.60. The van der Waals surface area contributed by atoms with Crippen molar-refractivity contribution in [3.8, 4) is 11.8 Å². The molecule has 0 N–H and O–H groups in total. The molecule has 2 aromatic rings. The number of carbonyl (C=O) groups excluding carboxylic acids is 1. The summed E-state index contributed by atoms with van der Waals surface area (Å²) in [5.74, 6) is 0.603. The third kappa shape index (κ3) is 4.31. The molecular weight excluding hydrogens is 286 g/mol. The number of benzene rings is 2. The van der Waals surface area contributed by atoms with Gasteiger partial charge in [0.15, 0.2) is 0 Å². The van der Waals surface area contributed by atoms with Crippen LogP contribution in [0.25, 0.3) is 12.2 Å². The van der Waals surface area contributed by atoms with Gasteiger partial charge in [-0.05, 0) is 49.6 Å². The fourth-order valence-electron chi connectivity index (χ4n) is 2.22. The molecule has 0 spiro atoms. The van der Waals surface area contributed by atoms with Gasteiger partial charge in [-0.25, -0.2) is 0 Å². The van der Waals surface area contributed by atoms with Gasteiger partial charge in [-0.3, -0.25) is 4.79 Å². The molecule has 0 aliphatic heterocycles. The summed E-state index contributed by atoms with van der Waals surface area (Å²) in [6, 6.07) is 13.4. The Kier molecular flexibility index (Phi) is 5.32. The summed E-state index contributed by atoms with van der Waals surface area (Å²) in [6.45, 7) is 5.77. The lowest BCUT2D eigenvalue weighted by Crippen LogP contribution is -2.06. The Morgan fingerprint density at radius 2 is 1.74 bits per heavy atom. The fourth-order valence-corrected chi connectivity index (χ4v) is 2.22. The van der Waals surface area contributed by atoms with Crippen molar-refractivity contribution in [3.63, 3.8) is 0 Å². The molecule has 0 aromatic heterocycles. The highest BCUT2D eigenvalue weighted by Gasteiger charge is 2.05. The molecule has 0 amide bonds. The number of nitriles is 1. The first-order chi connectivity index (χ1) is 11.0. The van der Waals surface area contributed by atoms with E-state index < -0.39 is 0 Å². The fraction of sp³-hybridized carbons (Fsp3) is 0.200. The smallest absolute Gasteiger partial charge is 0.150 e. The van der Waals surface area contributed by atoms with Crippen LogP contribution in [0, 0.1) is 18.3 Å². The Labute approximate surface area is 136 Å². The maximum absolute atomic E-state index is 10.8. The molecule has 0 saturated carbocycles. The van der Waals surface area contributed by atoms with Crippen molar-refractivity contribution in [3.05, 3.63) is 64.2 Å². The number of rotatable bonds is 5. The zero-order chi connectivity index (χ0) is 16.8. The van der Waals surface area contributed by atoms with Gasteiger partial charge in [0, 0.05) is 5.56 Å². The number of carbonyl (C=O) groups is 1. The minimum Gasteiger partial charge on any atom is -0.490 e. The molecule has 0 fully saturated rings. The van der Waals surface area contributed by atoms with Crippen molar-refractivity contribution in [1.29, 1.82) is 5.26 Å². The molecule has 23 heavy (non-hydrogen) atoms. The third-order valence-corrected chi connectivity index (χ3v) is 3.38. The number of aldehydes is 1. The number of hydrogen-bond donors (Lipinski definition) is 0. The molecule has 0 heterocycles. The van der Waals surface area contributed by atoms with Crippen molar-refractivity contribution in [2.45, 2.75) is 26.9 Å². The van der Waals surface area contributed by atoms with Gasteiger partial charge in [-0.15, -0.1) is 0 Å². The molecule has 0 radical (unpaired) electrons. The van der Waals surface area contributed by atoms with Gasteiger partial charge in [0.1, 0.15) is 18.1 Å². The van der Waals surface area contributed by atoms with Crippen LogP contribution in [0.2, 0.25) is 0 Å². The van der Waals surface area contributed by atoms with Crippen LogP contribution in [0.5, 0.6) is 5.75 Å². The van der Waals surface area contributed by atoms with Crippen LogP contribution in [0.4, 0.5) is 0 Å². The normalized spacial score (nSPS) is 10.7. The second kappa shape index (κ2) is 7.42. The van der Waals surface area contributed by atoms with E-state index in [9.17, 15) is 10.1 Å². The van der Waals surface area contributed by atoms with Gasteiger partial charge >= 0.3 is 0 Å². The van der Waals surface area contributed by atoms with Gasteiger partial charge in [0.05, 0.1) is 11.7 Å². The van der Waals surface area contributed by atoms with Crippen LogP contribution in [-0.4, -0.2) is 12.4 Å².